The number of aliphatic imine (C=N–C) groups is 1. The number of nitrogens with one attached hydrogen (secondary N) is 2. The summed E-state index contributed by atoms with van der Waals surface area (Å²) in [5, 5.41) is 7.06. The van der Waals surface area contributed by atoms with Crippen LogP contribution in [-0.2, 0) is 22.6 Å². The third-order valence-corrected chi connectivity index (χ3v) is 6.18. The van der Waals surface area contributed by atoms with Gasteiger partial charge in [0, 0.05) is 51.9 Å². The van der Waals surface area contributed by atoms with Crippen LogP contribution in [0.15, 0.2) is 29.3 Å². The fourth-order valence-electron chi connectivity index (χ4n) is 4.43. The monoisotopic (exact) mass is 573 g/mol. The molecule has 2 aliphatic rings. The van der Waals surface area contributed by atoms with Crippen LogP contribution in [-0.4, -0.2) is 87.5 Å². The average Bonchev–Trinajstić information content (AvgIpc) is 2.82. The highest BCUT2D eigenvalue weighted by atomic mass is 127. The maximum absolute atomic E-state index is 5.56. The van der Waals surface area contributed by atoms with Gasteiger partial charge in [-0.3, -0.25) is 9.80 Å². The zero-order valence-electron chi connectivity index (χ0n) is 20.7. The number of benzene rings is 1. The minimum absolute atomic E-state index is 0. The fraction of sp³-hybridized carbons (Fsp3) is 0.720. The fourth-order valence-corrected chi connectivity index (χ4v) is 4.43. The predicted octanol–water partition coefficient (Wildman–Crippen LogP) is 2.94. The highest BCUT2D eigenvalue weighted by Crippen LogP contribution is 2.15. The number of nitrogens with zero attached hydrogens (tertiary/aromatic N) is 3. The molecule has 7 nitrogen and oxygen atoms in total. The highest BCUT2D eigenvalue weighted by molar-refractivity contribution is 14.0. The van der Waals surface area contributed by atoms with E-state index < -0.39 is 0 Å². The van der Waals surface area contributed by atoms with E-state index in [1.807, 2.05) is 0 Å². The molecule has 0 aliphatic carbocycles. The van der Waals surface area contributed by atoms with Crippen LogP contribution in [0.3, 0.4) is 0 Å². The summed E-state index contributed by atoms with van der Waals surface area (Å²) in [5.74, 6) is 1.56. The van der Waals surface area contributed by atoms with Crippen LogP contribution in [0.1, 0.15) is 38.3 Å². The standard InChI is InChI=1S/C25H43N5O2.HI/c1-4-26-25(28-19-24(17-21(2)3)30-11-15-32-16-12-30)27-18-22-7-5-6-8-23(22)20-29-9-13-31-14-10-29;/h5-8,21,24H,4,9-20H2,1-3H3,(H2,26,27,28);1H. The molecule has 0 saturated carbocycles. The maximum atomic E-state index is 5.56. The van der Waals surface area contributed by atoms with Gasteiger partial charge in [-0.2, -0.15) is 0 Å². The van der Waals surface area contributed by atoms with E-state index in [1.54, 1.807) is 0 Å². The van der Waals surface area contributed by atoms with Gasteiger partial charge in [0.1, 0.15) is 0 Å². The molecule has 8 heteroatoms. The van der Waals surface area contributed by atoms with E-state index in [2.05, 4.69) is 65.5 Å². The smallest absolute Gasteiger partial charge is 0.191 e. The van der Waals surface area contributed by atoms with Crippen molar-refractivity contribution >= 4 is 29.9 Å². The van der Waals surface area contributed by atoms with Crippen LogP contribution in [0.5, 0.6) is 0 Å². The lowest BCUT2D eigenvalue weighted by Crippen LogP contribution is -2.51. The van der Waals surface area contributed by atoms with Gasteiger partial charge in [0.15, 0.2) is 5.96 Å². The normalized spacial score (nSPS) is 19.2. The third-order valence-electron chi connectivity index (χ3n) is 6.18. The second-order valence-corrected chi connectivity index (χ2v) is 9.17. The quantitative estimate of drug-likeness (QED) is 0.255. The van der Waals surface area contributed by atoms with E-state index in [1.165, 1.54) is 17.5 Å². The molecule has 0 bridgehead atoms. The summed E-state index contributed by atoms with van der Waals surface area (Å²) in [6.07, 6.45) is 1.18. The minimum Gasteiger partial charge on any atom is -0.379 e. The number of guanidine groups is 1. The first-order valence-electron chi connectivity index (χ1n) is 12.4. The molecule has 3 rings (SSSR count). The first kappa shape index (κ1) is 28.3. The number of rotatable bonds is 10. The average molecular weight is 574 g/mol. The van der Waals surface area contributed by atoms with E-state index in [0.29, 0.717) is 18.5 Å². The van der Waals surface area contributed by atoms with Gasteiger partial charge in [0.2, 0.25) is 0 Å². The van der Waals surface area contributed by atoms with E-state index in [-0.39, 0.29) is 24.0 Å². The molecular weight excluding hydrogens is 529 g/mol. The zero-order chi connectivity index (χ0) is 22.6. The van der Waals surface area contributed by atoms with Crippen molar-refractivity contribution in [3.05, 3.63) is 35.4 Å². The van der Waals surface area contributed by atoms with Crippen LogP contribution in [0, 0.1) is 5.92 Å². The molecule has 1 unspecified atom stereocenters. The van der Waals surface area contributed by atoms with Crippen molar-refractivity contribution in [3.8, 4) is 0 Å². The Balaban J connectivity index is 0.00000385. The molecular formula is C25H44IN5O2. The summed E-state index contributed by atoms with van der Waals surface area (Å²) in [4.78, 5) is 9.98. The van der Waals surface area contributed by atoms with Gasteiger partial charge in [0.25, 0.3) is 0 Å². The molecule has 2 heterocycles. The third kappa shape index (κ3) is 10.1. The SMILES string of the molecule is CCNC(=NCc1ccccc1CN1CCOCC1)NCC(CC(C)C)N1CCOCC1.I. The minimum atomic E-state index is 0. The van der Waals surface area contributed by atoms with Crippen LogP contribution < -0.4 is 10.6 Å². The first-order chi connectivity index (χ1) is 15.7. The summed E-state index contributed by atoms with van der Waals surface area (Å²) >= 11 is 0. The van der Waals surface area contributed by atoms with Gasteiger partial charge in [-0.25, -0.2) is 4.99 Å². The van der Waals surface area contributed by atoms with E-state index in [9.17, 15) is 0 Å². The molecule has 0 radical (unpaired) electrons. The van der Waals surface area contributed by atoms with Gasteiger partial charge >= 0.3 is 0 Å². The number of ether oxygens (including phenoxy) is 2. The van der Waals surface area contributed by atoms with E-state index >= 15 is 0 Å². The van der Waals surface area contributed by atoms with Crippen molar-refractivity contribution in [2.45, 2.75) is 46.3 Å². The number of morpholine rings is 2. The second-order valence-electron chi connectivity index (χ2n) is 9.17. The lowest BCUT2D eigenvalue weighted by Gasteiger charge is -2.35. The highest BCUT2D eigenvalue weighted by Gasteiger charge is 2.22. The summed E-state index contributed by atoms with van der Waals surface area (Å²) < 4.78 is 11.1. The zero-order valence-corrected chi connectivity index (χ0v) is 23.1. The molecule has 1 aromatic rings. The lowest BCUT2D eigenvalue weighted by atomic mass is 10.0. The van der Waals surface area contributed by atoms with Gasteiger partial charge < -0.3 is 20.1 Å². The number of hydrogen-bond donors (Lipinski definition) is 2. The van der Waals surface area contributed by atoms with E-state index in [4.69, 9.17) is 14.5 Å². The molecule has 0 spiro atoms. The van der Waals surface area contributed by atoms with Gasteiger partial charge in [-0.1, -0.05) is 38.1 Å². The summed E-state index contributed by atoms with van der Waals surface area (Å²) in [6, 6.07) is 9.18. The Morgan fingerprint density at radius 2 is 1.61 bits per heavy atom. The van der Waals surface area contributed by atoms with Crippen molar-refractivity contribution in [2.24, 2.45) is 10.9 Å². The van der Waals surface area contributed by atoms with Crippen LogP contribution >= 0.6 is 24.0 Å². The molecule has 2 aliphatic heterocycles. The molecule has 0 aromatic heterocycles. The Morgan fingerprint density at radius 3 is 2.24 bits per heavy atom. The van der Waals surface area contributed by atoms with Gasteiger partial charge in [-0.05, 0) is 30.4 Å². The Labute approximate surface area is 217 Å². The van der Waals surface area contributed by atoms with Crippen LogP contribution in [0.4, 0.5) is 0 Å². The molecule has 188 valence electrons. The van der Waals surface area contributed by atoms with Crippen molar-refractivity contribution in [1.29, 1.82) is 0 Å². The van der Waals surface area contributed by atoms with Crippen LogP contribution in [0.2, 0.25) is 0 Å². The molecule has 2 N–H and O–H groups in total. The summed E-state index contributed by atoms with van der Waals surface area (Å²) in [7, 11) is 0. The maximum Gasteiger partial charge on any atom is 0.191 e. The molecule has 0 amide bonds. The molecule has 1 aromatic carbocycles. The Morgan fingerprint density at radius 1 is 0.970 bits per heavy atom. The van der Waals surface area contributed by atoms with Crippen molar-refractivity contribution in [3.63, 3.8) is 0 Å². The Hall–Kier alpha value is -0.940. The van der Waals surface area contributed by atoms with Crippen LogP contribution in [0.25, 0.3) is 0 Å². The Kier molecular flexibility index (Phi) is 13.6. The van der Waals surface area contributed by atoms with Crippen molar-refractivity contribution < 1.29 is 9.47 Å². The van der Waals surface area contributed by atoms with Crippen molar-refractivity contribution in [1.82, 2.24) is 20.4 Å². The second kappa shape index (κ2) is 15.9. The topological polar surface area (TPSA) is 61.4 Å². The Bertz CT molecular complexity index is 691. The lowest BCUT2D eigenvalue weighted by molar-refractivity contribution is 0.0132. The summed E-state index contributed by atoms with van der Waals surface area (Å²) in [6.45, 7) is 17.5. The van der Waals surface area contributed by atoms with Crippen molar-refractivity contribution in [2.75, 3.05) is 65.7 Å². The first-order valence-corrected chi connectivity index (χ1v) is 12.4. The molecule has 1 atom stereocenters. The van der Waals surface area contributed by atoms with Gasteiger partial charge in [0.05, 0.1) is 33.0 Å². The molecule has 2 fully saturated rings. The molecule has 2 saturated heterocycles. The number of halogens is 1. The predicted molar refractivity (Wildman–Crippen MR) is 146 cm³/mol. The largest absolute Gasteiger partial charge is 0.379 e. The van der Waals surface area contributed by atoms with E-state index in [0.717, 1.165) is 78.2 Å². The van der Waals surface area contributed by atoms with Gasteiger partial charge in [-0.15, -0.1) is 24.0 Å². The summed E-state index contributed by atoms with van der Waals surface area (Å²) in [5.41, 5.74) is 2.66. The molecule has 33 heavy (non-hydrogen) atoms. The number of hydrogen-bond acceptors (Lipinski definition) is 5.